The normalized spacial score (nSPS) is 12.6. The van der Waals surface area contributed by atoms with Crippen molar-refractivity contribution in [3.05, 3.63) is 113 Å². The minimum Gasteiger partial charge on any atom is -0.489 e. The summed E-state index contributed by atoms with van der Waals surface area (Å²) in [5, 5.41) is 2.13. The Kier molecular flexibility index (Phi) is 8.52. The number of fused-ring (bicyclic) bond motifs is 1. The van der Waals surface area contributed by atoms with Crippen molar-refractivity contribution in [2.75, 3.05) is 0 Å². The number of rotatable bonds is 11. The molecule has 4 heteroatoms. The Morgan fingerprint density at radius 1 is 0.658 bits per heavy atom. The minimum atomic E-state index is -0.224. The maximum Gasteiger partial charge on any atom is 0.193 e. The molecular formula is C34H34O4. The molecule has 0 saturated carbocycles. The molecule has 0 fully saturated rings. The lowest BCUT2D eigenvalue weighted by Crippen LogP contribution is -2.09. The van der Waals surface area contributed by atoms with Crippen LogP contribution in [-0.4, -0.2) is 17.3 Å². The molecule has 0 aliphatic rings. The third-order valence-electron chi connectivity index (χ3n) is 7.27. The Balaban J connectivity index is 1.41. The smallest absolute Gasteiger partial charge is 0.193 e. The van der Waals surface area contributed by atoms with Crippen molar-refractivity contribution >= 4 is 28.1 Å². The number of benzene rings is 4. The topological polar surface area (TPSA) is 60.4 Å². The summed E-state index contributed by atoms with van der Waals surface area (Å²) >= 11 is 0. The highest BCUT2D eigenvalue weighted by Gasteiger charge is 2.16. The molecule has 0 aliphatic carbocycles. The highest BCUT2D eigenvalue weighted by Crippen LogP contribution is 2.27. The average molecular weight is 507 g/mol. The fourth-order valence-corrected chi connectivity index (χ4v) is 4.62. The van der Waals surface area contributed by atoms with Crippen LogP contribution in [-0.2, 0) is 16.2 Å². The van der Waals surface area contributed by atoms with Gasteiger partial charge in [0.15, 0.2) is 5.78 Å². The van der Waals surface area contributed by atoms with Crippen molar-refractivity contribution in [2.24, 2.45) is 0 Å². The number of hydrogen-bond donors (Lipinski definition) is 0. The molecule has 4 aromatic rings. The third-order valence-corrected chi connectivity index (χ3v) is 7.27. The highest BCUT2D eigenvalue weighted by atomic mass is 16.5. The Morgan fingerprint density at radius 3 is 1.92 bits per heavy atom. The largest absolute Gasteiger partial charge is 0.489 e. The van der Waals surface area contributed by atoms with Crippen molar-refractivity contribution in [2.45, 2.75) is 59.0 Å². The van der Waals surface area contributed by atoms with Crippen LogP contribution in [0.4, 0.5) is 0 Å². The SMILES string of the molecule is CCC(=O)C(C)c1cccc(C(=O)c2ccc(COc3ccc4cc([C@H](C)C(=O)CC)ccc4c3)cc2)c1. The van der Waals surface area contributed by atoms with Crippen LogP contribution in [0.1, 0.15) is 85.0 Å². The number of Topliss-reactive ketones (excluding diaryl/α,β-unsaturated/α-hetero) is 2. The quantitative estimate of drug-likeness (QED) is 0.195. The summed E-state index contributed by atoms with van der Waals surface area (Å²) in [6, 6.07) is 26.9. The van der Waals surface area contributed by atoms with Crippen LogP contribution >= 0.6 is 0 Å². The summed E-state index contributed by atoms with van der Waals surface area (Å²) in [4.78, 5) is 37.2. The van der Waals surface area contributed by atoms with Gasteiger partial charge in [-0.15, -0.1) is 0 Å². The summed E-state index contributed by atoms with van der Waals surface area (Å²) in [6.07, 6.45) is 1.01. The molecule has 0 N–H and O–H groups in total. The molecule has 2 atom stereocenters. The zero-order valence-corrected chi connectivity index (χ0v) is 22.5. The second-order valence-electron chi connectivity index (χ2n) is 9.79. The van der Waals surface area contributed by atoms with Gasteiger partial charge in [0.1, 0.15) is 23.9 Å². The molecule has 38 heavy (non-hydrogen) atoms. The van der Waals surface area contributed by atoms with E-state index in [1.165, 1.54) is 0 Å². The summed E-state index contributed by atoms with van der Waals surface area (Å²) in [7, 11) is 0. The van der Waals surface area contributed by atoms with Crippen LogP contribution in [0.2, 0.25) is 0 Å². The maximum atomic E-state index is 13.1. The lowest BCUT2D eigenvalue weighted by molar-refractivity contribution is -0.120. The third kappa shape index (κ3) is 6.08. The molecule has 4 nitrogen and oxygen atoms in total. The molecular weight excluding hydrogens is 472 g/mol. The van der Waals surface area contributed by atoms with E-state index < -0.39 is 0 Å². The van der Waals surface area contributed by atoms with E-state index in [1.54, 1.807) is 6.07 Å². The second kappa shape index (κ2) is 12.0. The van der Waals surface area contributed by atoms with E-state index >= 15 is 0 Å². The van der Waals surface area contributed by atoms with Crippen molar-refractivity contribution in [3.8, 4) is 5.75 Å². The van der Waals surface area contributed by atoms with Gasteiger partial charge in [0, 0.05) is 35.8 Å². The van der Waals surface area contributed by atoms with Gasteiger partial charge < -0.3 is 4.74 Å². The Labute approximate surface area is 224 Å². The molecule has 0 amide bonds. The van der Waals surface area contributed by atoms with E-state index in [0.29, 0.717) is 30.6 Å². The van der Waals surface area contributed by atoms with E-state index in [0.717, 1.165) is 33.2 Å². The summed E-state index contributed by atoms with van der Waals surface area (Å²) in [5.41, 5.74) is 4.03. The Morgan fingerprint density at radius 2 is 1.26 bits per heavy atom. The van der Waals surface area contributed by atoms with Crippen LogP contribution in [0.25, 0.3) is 10.8 Å². The van der Waals surface area contributed by atoms with Gasteiger partial charge in [-0.05, 0) is 45.7 Å². The molecule has 0 heterocycles. The molecule has 0 aromatic heterocycles. The Hall–Kier alpha value is -4.05. The van der Waals surface area contributed by atoms with Gasteiger partial charge in [-0.3, -0.25) is 14.4 Å². The monoisotopic (exact) mass is 506 g/mol. The fourth-order valence-electron chi connectivity index (χ4n) is 4.62. The average Bonchev–Trinajstić information content (AvgIpc) is 2.97. The highest BCUT2D eigenvalue weighted by molar-refractivity contribution is 6.09. The molecule has 194 valence electrons. The lowest BCUT2D eigenvalue weighted by atomic mass is 9.92. The predicted molar refractivity (Wildman–Crippen MR) is 152 cm³/mol. The summed E-state index contributed by atoms with van der Waals surface area (Å²) in [6.45, 7) is 7.97. The zero-order valence-electron chi connectivity index (χ0n) is 22.5. The molecule has 0 saturated heterocycles. The van der Waals surface area contributed by atoms with Gasteiger partial charge in [-0.1, -0.05) is 94.4 Å². The van der Waals surface area contributed by atoms with Crippen LogP contribution in [0.3, 0.4) is 0 Å². The van der Waals surface area contributed by atoms with Gasteiger partial charge in [0.25, 0.3) is 0 Å². The van der Waals surface area contributed by atoms with Gasteiger partial charge in [0.2, 0.25) is 0 Å². The van der Waals surface area contributed by atoms with Crippen LogP contribution in [0.5, 0.6) is 5.75 Å². The molecule has 0 bridgehead atoms. The zero-order chi connectivity index (χ0) is 27.2. The van der Waals surface area contributed by atoms with Gasteiger partial charge >= 0.3 is 0 Å². The number of carbonyl (C=O) groups is 3. The van der Waals surface area contributed by atoms with Crippen LogP contribution in [0, 0.1) is 0 Å². The molecule has 0 aliphatic heterocycles. The van der Waals surface area contributed by atoms with Gasteiger partial charge in [-0.25, -0.2) is 0 Å². The van der Waals surface area contributed by atoms with Crippen molar-refractivity contribution < 1.29 is 19.1 Å². The van der Waals surface area contributed by atoms with Crippen LogP contribution < -0.4 is 4.74 Å². The standard InChI is InChI=1S/C34H34O4/c1-5-32(35)22(3)26-8-7-9-30(19-26)34(37)25-12-10-24(11-13-25)21-38-31-17-16-28-18-27(14-15-29(28)20-31)23(4)33(36)6-2/h7-20,22-23H,5-6,21H2,1-4H3/t22?,23-/m0/s1. The first-order valence-corrected chi connectivity index (χ1v) is 13.3. The summed E-state index contributed by atoms with van der Waals surface area (Å²) < 4.78 is 6.02. The van der Waals surface area contributed by atoms with Crippen molar-refractivity contribution in [1.29, 1.82) is 0 Å². The van der Waals surface area contributed by atoms with Crippen LogP contribution in [0.15, 0.2) is 84.9 Å². The molecule has 4 rings (SSSR count). The molecule has 0 spiro atoms. The minimum absolute atomic E-state index is 0.0701. The van der Waals surface area contributed by atoms with E-state index in [-0.39, 0.29) is 29.2 Å². The first-order chi connectivity index (χ1) is 18.3. The van der Waals surface area contributed by atoms with Gasteiger partial charge in [-0.2, -0.15) is 0 Å². The number of carbonyl (C=O) groups excluding carboxylic acids is 3. The van der Waals surface area contributed by atoms with E-state index in [2.05, 4.69) is 6.07 Å². The second-order valence-corrected chi connectivity index (χ2v) is 9.79. The Bertz CT molecular complexity index is 1470. The fraction of sp³-hybridized carbons (Fsp3) is 0.265. The number of ketones is 3. The first kappa shape index (κ1) is 27.0. The molecule has 4 aromatic carbocycles. The number of ether oxygens (including phenoxy) is 1. The molecule has 0 radical (unpaired) electrons. The van der Waals surface area contributed by atoms with Crippen molar-refractivity contribution in [1.82, 2.24) is 0 Å². The lowest BCUT2D eigenvalue weighted by Gasteiger charge is -2.12. The predicted octanol–water partition coefficient (Wildman–Crippen LogP) is 7.82. The van der Waals surface area contributed by atoms with Gasteiger partial charge in [0.05, 0.1) is 0 Å². The molecule has 1 unspecified atom stereocenters. The maximum absolute atomic E-state index is 13.1. The first-order valence-electron chi connectivity index (χ1n) is 13.3. The van der Waals surface area contributed by atoms with E-state index in [9.17, 15) is 14.4 Å². The van der Waals surface area contributed by atoms with E-state index in [4.69, 9.17) is 4.74 Å². The summed E-state index contributed by atoms with van der Waals surface area (Å²) in [5.74, 6) is 0.762. The van der Waals surface area contributed by atoms with E-state index in [1.807, 2.05) is 100 Å². The number of hydrogen-bond acceptors (Lipinski definition) is 4. The van der Waals surface area contributed by atoms with Crippen molar-refractivity contribution in [3.63, 3.8) is 0 Å².